The van der Waals surface area contributed by atoms with Crippen molar-refractivity contribution in [3.05, 3.63) is 35.5 Å². The fourth-order valence-electron chi connectivity index (χ4n) is 5.23. The molecule has 0 radical (unpaired) electrons. The van der Waals surface area contributed by atoms with Gasteiger partial charge in [0.1, 0.15) is 5.52 Å². The lowest BCUT2D eigenvalue weighted by molar-refractivity contribution is 0.112. The number of hydrogen-bond donors (Lipinski definition) is 4. The molecule has 0 aliphatic heterocycles. The summed E-state index contributed by atoms with van der Waals surface area (Å²) in [4.78, 5) is 14.4. The van der Waals surface area contributed by atoms with E-state index in [1.807, 2.05) is 6.20 Å². The highest BCUT2D eigenvalue weighted by molar-refractivity contribution is 5.77. The Bertz CT molecular complexity index is 1110. The van der Waals surface area contributed by atoms with Gasteiger partial charge < -0.3 is 21.5 Å². The highest BCUT2D eigenvalue weighted by Crippen LogP contribution is 2.35. The average Bonchev–Trinajstić information content (AvgIpc) is 3.15. The molecule has 2 aromatic heterocycles. The van der Waals surface area contributed by atoms with E-state index in [1.54, 1.807) is 0 Å². The van der Waals surface area contributed by atoms with Crippen LogP contribution in [0.2, 0.25) is 0 Å². The van der Waals surface area contributed by atoms with Crippen molar-refractivity contribution in [2.75, 3.05) is 10.6 Å². The topological polar surface area (TPSA) is 114 Å². The van der Waals surface area contributed by atoms with Gasteiger partial charge >= 0.3 is 0 Å². The summed E-state index contributed by atoms with van der Waals surface area (Å²) < 4.78 is 2.23. The van der Waals surface area contributed by atoms with Gasteiger partial charge in [0.05, 0.1) is 12.3 Å². The molecule has 2 fully saturated rings. The molecule has 2 aliphatic rings. The highest BCUT2D eigenvalue weighted by atomic mass is 16.3. The molecule has 8 nitrogen and oxygen atoms in total. The third kappa shape index (κ3) is 4.82. The van der Waals surface area contributed by atoms with Gasteiger partial charge in [-0.15, -0.1) is 0 Å². The number of aliphatic hydroxyl groups excluding tert-OH is 1. The molecule has 0 amide bonds. The molecular formula is C25H35N7O. The Morgan fingerprint density at radius 3 is 2.48 bits per heavy atom. The molecule has 0 unspecified atom stereocenters. The molecule has 0 atom stereocenters. The lowest BCUT2D eigenvalue weighted by Gasteiger charge is -2.28. The summed E-state index contributed by atoms with van der Waals surface area (Å²) in [6.45, 7) is 4.21. The van der Waals surface area contributed by atoms with Crippen LogP contribution in [0.15, 0.2) is 24.4 Å². The maximum atomic E-state index is 10.1. The van der Waals surface area contributed by atoms with Crippen molar-refractivity contribution < 1.29 is 5.11 Å². The van der Waals surface area contributed by atoms with Gasteiger partial charge in [0.25, 0.3) is 0 Å². The molecule has 8 heteroatoms. The summed E-state index contributed by atoms with van der Waals surface area (Å²) in [5, 5.41) is 17.1. The van der Waals surface area contributed by atoms with Crippen LogP contribution in [-0.4, -0.2) is 42.8 Å². The second-order valence-electron chi connectivity index (χ2n) is 9.87. The Labute approximate surface area is 195 Å². The zero-order chi connectivity index (χ0) is 22.9. The molecule has 0 saturated heterocycles. The van der Waals surface area contributed by atoms with Gasteiger partial charge in [-0.25, -0.2) is 9.97 Å². The average molecular weight is 450 g/mol. The summed E-state index contributed by atoms with van der Waals surface area (Å²) in [5.74, 6) is 1.44. The summed E-state index contributed by atoms with van der Waals surface area (Å²) in [7, 11) is 0. The zero-order valence-corrected chi connectivity index (χ0v) is 19.6. The number of anilines is 3. The minimum Gasteiger partial charge on any atom is -0.393 e. The molecule has 0 bridgehead atoms. The van der Waals surface area contributed by atoms with Crippen LogP contribution in [0.5, 0.6) is 0 Å². The van der Waals surface area contributed by atoms with Gasteiger partial charge in [-0.1, -0.05) is 17.7 Å². The molecule has 5 rings (SSSR count). The SMILES string of the molecule is Cc1ccc(Nc2nc3cnc(N[C@H]4CC[C@H](N)CC4)nc3n2[C@H]2CC[C@@H](O)CC2)c(C)c1. The highest BCUT2D eigenvalue weighted by Gasteiger charge is 2.27. The number of benzene rings is 1. The standard InChI is InChI=1S/C25H35N7O/c1-15-3-12-21(16(2)13-15)29-25-30-22-14-27-24(28-18-6-4-17(26)5-7-18)31-23(22)32(25)19-8-10-20(33)11-9-19/h3,12-14,17-20,33H,4-11,26H2,1-2H3,(H,29,30)(H,27,28,31)/t17-,18-,19-,20+. The van der Waals surface area contributed by atoms with Crippen LogP contribution in [0.25, 0.3) is 11.2 Å². The van der Waals surface area contributed by atoms with E-state index in [0.29, 0.717) is 18.0 Å². The number of nitrogens with zero attached hydrogens (tertiary/aromatic N) is 4. The molecule has 2 heterocycles. The zero-order valence-electron chi connectivity index (χ0n) is 19.6. The van der Waals surface area contributed by atoms with Crippen LogP contribution in [-0.2, 0) is 0 Å². The number of aromatic nitrogens is 4. The summed E-state index contributed by atoms with van der Waals surface area (Å²) >= 11 is 0. The molecule has 5 N–H and O–H groups in total. The predicted molar refractivity (Wildman–Crippen MR) is 132 cm³/mol. The fraction of sp³-hybridized carbons (Fsp3) is 0.560. The summed E-state index contributed by atoms with van der Waals surface area (Å²) in [6.07, 6.45) is 9.17. The normalized spacial score (nSPS) is 25.8. The Morgan fingerprint density at radius 1 is 1.00 bits per heavy atom. The first-order valence-corrected chi connectivity index (χ1v) is 12.3. The summed E-state index contributed by atoms with van der Waals surface area (Å²) in [5.41, 5.74) is 11.1. The van der Waals surface area contributed by atoms with Crippen molar-refractivity contribution in [2.24, 2.45) is 5.73 Å². The monoisotopic (exact) mass is 449 g/mol. The number of aliphatic hydroxyl groups is 1. The van der Waals surface area contributed by atoms with Crippen LogP contribution in [0.3, 0.4) is 0 Å². The minimum atomic E-state index is -0.212. The van der Waals surface area contributed by atoms with Crippen LogP contribution in [0, 0.1) is 13.8 Å². The Morgan fingerprint density at radius 2 is 1.76 bits per heavy atom. The second kappa shape index (κ2) is 9.27. The van der Waals surface area contributed by atoms with E-state index in [9.17, 15) is 5.11 Å². The van der Waals surface area contributed by atoms with E-state index in [0.717, 1.165) is 74.2 Å². The molecule has 1 aromatic carbocycles. The van der Waals surface area contributed by atoms with Gasteiger partial charge in [-0.05, 0) is 76.8 Å². The quantitative estimate of drug-likeness (QED) is 0.458. The van der Waals surface area contributed by atoms with Gasteiger partial charge in [0, 0.05) is 23.8 Å². The van der Waals surface area contributed by atoms with E-state index in [4.69, 9.17) is 15.7 Å². The largest absolute Gasteiger partial charge is 0.393 e. The van der Waals surface area contributed by atoms with E-state index in [2.05, 4.69) is 52.2 Å². The third-order valence-corrected chi connectivity index (χ3v) is 7.20. The van der Waals surface area contributed by atoms with Crippen LogP contribution in [0.4, 0.5) is 17.6 Å². The van der Waals surface area contributed by atoms with Gasteiger partial charge in [0.15, 0.2) is 5.65 Å². The van der Waals surface area contributed by atoms with Crippen molar-refractivity contribution in [3.8, 4) is 0 Å². The number of rotatable bonds is 5. The molecule has 2 saturated carbocycles. The van der Waals surface area contributed by atoms with Gasteiger partial charge in [-0.2, -0.15) is 4.98 Å². The third-order valence-electron chi connectivity index (χ3n) is 7.20. The molecule has 3 aromatic rings. The Balaban J connectivity index is 1.49. The smallest absolute Gasteiger partial charge is 0.224 e. The van der Waals surface area contributed by atoms with Crippen molar-refractivity contribution in [3.63, 3.8) is 0 Å². The first kappa shape index (κ1) is 22.1. The molecule has 176 valence electrons. The Hall–Kier alpha value is -2.71. The first-order chi connectivity index (χ1) is 16.0. The number of imidazole rings is 1. The molecular weight excluding hydrogens is 414 g/mol. The molecule has 2 aliphatic carbocycles. The van der Waals surface area contributed by atoms with Crippen molar-refractivity contribution in [1.29, 1.82) is 0 Å². The fourth-order valence-corrected chi connectivity index (χ4v) is 5.23. The lowest BCUT2D eigenvalue weighted by atomic mass is 9.92. The van der Waals surface area contributed by atoms with E-state index in [1.165, 1.54) is 11.1 Å². The van der Waals surface area contributed by atoms with Crippen molar-refractivity contribution >= 4 is 28.7 Å². The maximum absolute atomic E-state index is 10.1. The predicted octanol–water partition coefficient (Wildman–Crippen LogP) is 4.34. The van der Waals surface area contributed by atoms with Crippen molar-refractivity contribution in [1.82, 2.24) is 19.5 Å². The van der Waals surface area contributed by atoms with Gasteiger partial charge in [-0.3, -0.25) is 4.57 Å². The Kier molecular flexibility index (Phi) is 6.21. The lowest BCUT2D eigenvalue weighted by Crippen LogP contribution is -2.33. The van der Waals surface area contributed by atoms with E-state index in [-0.39, 0.29) is 12.1 Å². The van der Waals surface area contributed by atoms with Gasteiger partial charge in [0.2, 0.25) is 11.9 Å². The number of fused-ring (bicyclic) bond motifs is 1. The number of nitrogens with one attached hydrogen (secondary N) is 2. The number of nitrogens with two attached hydrogens (primary N) is 1. The van der Waals surface area contributed by atoms with Crippen LogP contribution in [0.1, 0.15) is 68.5 Å². The van der Waals surface area contributed by atoms with Crippen molar-refractivity contribution in [2.45, 2.75) is 89.4 Å². The van der Waals surface area contributed by atoms with E-state index < -0.39 is 0 Å². The minimum absolute atomic E-state index is 0.212. The number of hydrogen-bond acceptors (Lipinski definition) is 7. The maximum Gasteiger partial charge on any atom is 0.224 e. The molecule has 0 spiro atoms. The number of aryl methyl sites for hydroxylation is 2. The summed E-state index contributed by atoms with van der Waals surface area (Å²) in [6, 6.07) is 7.29. The van der Waals surface area contributed by atoms with E-state index >= 15 is 0 Å². The van der Waals surface area contributed by atoms with Crippen LogP contribution < -0.4 is 16.4 Å². The second-order valence-corrected chi connectivity index (χ2v) is 9.87. The first-order valence-electron chi connectivity index (χ1n) is 12.3. The molecule has 33 heavy (non-hydrogen) atoms. The van der Waals surface area contributed by atoms with Crippen LogP contribution >= 0.6 is 0 Å².